The number of aliphatic hydroxyl groups excluding tert-OH is 1. The highest BCUT2D eigenvalue weighted by Gasteiger charge is 2.44. The maximum atomic E-state index is 12.6. The summed E-state index contributed by atoms with van der Waals surface area (Å²) in [6, 6.07) is 0. The van der Waals surface area contributed by atoms with Crippen LogP contribution in [0.5, 0.6) is 0 Å². The van der Waals surface area contributed by atoms with Gasteiger partial charge in [0.2, 0.25) is 0 Å². The van der Waals surface area contributed by atoms with Gasteiger partial charge in [-0.15, -0.1) is 0 Å². The SMILES string of the molecule is OC(C1CCC1)C1CCCC(C(F)(F)F)C1. The topological polar surface area (TPSA) is 20.2 Å². The van der Waals surface area contributed by atoms with E-state index in [0.29, 0.717) is 6.42 Å². The molecule has 0 amide bonds. The van der Waals surface area contributed by atoms with Crippen LogP contribution in [0.1, 0.15) is 44.9 Å². The first-order valence-corrected chi connectivity index (χ1v) is 6.23. The predicted molar refractivity (Wildman–Crippen MR) is 54.9 cm³/mol. The van der Waals surface area contributed by atoms with E-state index in [0.717, 1.165) is 25.7 Å². The van der Waals surface area contributed by atoms with Gasteiger partial charge < -0.3 is 5.11 Å². The van der Waals surface area contributed by atoms with Crippen molar-refractivity contribution in [2.45, 2.75) is 57.2 Å². The molecule has 3 atom stereocenters. The van der Waals surface area contributed by atoms with Crippen molar-refractivity contribution < 1.29 is 18.3 Å². The lowest BCUT2D eigenvalue weighted by atomic mass is 9.70. The van der Waals surface area contributed by atoms with Gasteiger partial charge >= 0.3 is 6.18 Å². The summed E-state index contributed by atoms with van der Waals surface area (Å²) in [5.74, 6) is -1.02. The zero-order chi connectivity index (χ0) is 11.8. The Morgan fingerprint density at radius 1 is 0.938 bits per heavy atom. The smallest absolute Gasteiger partial charge is 0.391 e. The van der Waals surface area contributed by atoms with E-state index < -0.39 is 18.2 Å². The van der Waals surface area contributed by atoms with Crippen LogP contribution >= 0.6 is 0 Å². The molecule has 0 aromatic rings. The summed E-state index contributed by atoms with van der Waals surface area (Å²) >= 11 is 0. The molecule has 3 unspecified atom stereocenters. The Hall–Kier alpha value is -0.250. The second kappa shape index (κ2) is 4.55. The van der Waals surface area contributed by atoms with Gasteiger partial charge in [-0.1, -0.05) is 12.8 Å². The Balaban J connectivity index is 1.90. The minimum atomic E-state index is -4.07. The van der Waals surface area contributed by atoms with Crippen molar-refractivity contribution in [3.63, 3.8) is 0 Å². The third-order valence-electron chi connectivity index (χ3n) is 4.29. The van der Waals surface area contributed by atoms with Crippen LogP contribution in [0.4, 0.5) is 13.2 Å². The highest BCUT2D eigenvalue weighted by molar-refractivity contribution is 4.87. The van der Waals surface area contributed by atoms with Crippen molar-refractivity contribution in [1.29, 1.82) is 0 Å². The van der Waals surface area contributed by atoms with Gasteiger partial charge in [-0.2, -0.15) is 13.2 Å². The zero-order valence-corrected chi connectivity index (χ0v) is 9.34. The van der Waals surface area contributed by atoms with Crippen LogP contribution in [0.15, 0.2) is 0 Å². The van der Waals surface area contributed by atoms with E-state index in [9.17, 15) is 18.3 Å². The van der Waals surface area contributed by atoms with Crippen molar-refractivity contribution in [3.05, 3.63) is 0 Å². The summed E-state index contributed by atoms with van der Waals surface area (Å²) in [5.41, 5.74) is 0. The molecule has 0 aliphatic heterocycles. The van der Waals surface area contributed by atoms with Crippen LogP contribution in [0.2, 0.25) is 0 Å². The molecular weight excluding hydrogens is 217 g/mol. The Morgan fingerprint density at radius 3 is 2.00 bits per heavy atom. The summed E-state index contributed by atoms with van der Waals surface area (Å²) in [6.07, 6.45) is 0.318. The second-order valence-electron chi connectivity index (χ2n) is 5.35. The molecule has 2 saturated carbocycles. The summed E-state index contributed by atoms with van der Waals surface area (Å²) in [5, 5.41) is 10.0. The molecule has 0 heterocycles. The van der Waals surface area contributed by atoms with Gasteiger partial charge in [-0.05, 0) is 43.9 Å². The van der Waals surface area contributed by atoms with Gasteiger partial charge in [-0.3, -0.25) is 0 Å². The van der Waals surface area contributed by atoms with Gasteiger partial charge in [0.1, 0.15) is 0 Å². The summed E-state index contributed by atoms with van der Waals surface area (Å²) in [4.78, 5) is 0. The molecule has 0 aromatic heterocycles. The highest BCUT2D eigenvalue weighted by Crippen LogP contribution is 2.44. The molecule has 16 heavy (non-hydrogen) atoms. The normalized spacial score (nSPS) is 34.5. The van der Waals surface area contributed by atoms with Gasteiger partial charge in [-0.25, -0.2) is 0 Å². The maximum absolute atomic E-state index is 12.6. The van der Waals surface area contributed by atoms with E-state index in [1.807, 2.05) is 0 Å². The quantitative estimate of drug-likeness (QED) is 0.777. The van der Waals surface area contributed by atoms with Crippen molar-refractivity contribution in [3.8, 4) is 0 Å². The largest absolute Gasteiger partial charge is 0.393 e. The first kappa shape index (κ1) is 12.2. The molecule has 1 nitrogen and oxygen atoms in total. The molecule has 0 spiro atoms. The molecular formula is C12H19F3O. The van der Waals surface area contributed by atoms with E-state index in [-0.39, 0.29) is 24.7 Å². The standard InChI is InChI=1S/C12H19F3O/c13-12(14,15)10-6-2-5-9(7-10)11(16)8-3-1-4-8/h8-11,16H,1-7H2. The lowest BCUT2D eigenvalue weighted by Gasteiger charge is -2.39. The average Bonchev–Trinajstić information content (AvgIpc) is 2.14. The lowest BCUT2D eigenvalue weighted by Crippen LogP contribution is -2.38. The fourth-order valence-corrected chi connectivity index (χ4v) is 3.00. The van der Waals surface area contributed by atoms with E-state index in [4.69, 9.17) is 0 Å². The first-order chi connectivity index (χ1) is 7.48. The molecule has 2 aliphatic rings. The number of hydrogen-bond donors (Lipinski definition) is 1. The third kappa shape index (κ3) is 2.53. The van der Waals surface area contributed by atoms with E-state index in [1.54, 1.807) is 0 Å². The minimum Gasteiger partial charge on any atom is -0.393 e. The van der Waals surface area contributed by atoms with Gasteiger partial charge in [0.25, 0.3) is 0 Å². The van der Waals surface area contributed by atoms with E-state index in [2.05, 4.69) is 0 Å². The Labute approximate surface area is 94.0 Å². The van der Waals surface area contributed by atoms with E-state index in [1.165, 1.54) is 0 Å². The third-order valence-corrected chi connectivity index (χ3v) is 4.29. The van der Waals surface area contributed by atoms with Crippen molar-refractivity contribution in [2.24, 2.45) is 17.8 Å². The van der Waals surface area contributed by atoms with Gasteiger partial charge in [0, 0.05) is 0 Å². The summed E-state index contributed by atoms with van der Waals surface area (Å²) in [7, 11) is 0. The van der Waals surface area contributed by atoms with Crippen LogP contribution in [0.3, 0.4) is 0 Å². The second-order valence-corrected chi connectivity index (χ2v) is 5.35. The Bertz CT molecular complexity index is 235. The Kier molecular flexibility index (Phi) is 3.48. The molecule has 2 aliphatic carbocycles. The molecule has 0 bridgehead atoms. The predicted octanol–water partition coefficient (Wildman–Crippen LogP) is 3.52. The summed E-state index contributed by atoms with van der Waals surface area (Å²) in [6.45, 7) is 0. The Morgan fingerprint density at radius 2 is 1.50 bits per heavy atom. The van der Waals surface area contributed by atoms with Crippen molar-refractivity contribution in [2.75, 3.05) is 0 Å². The van der Waals surface area contributed by atoms with Gasteiger partial charge in [0.15, 0.2) is 0 Å². The number of rotatable bonds is 2. The molecule has 0 aromatic carbocycles. The fourth-order valence-electron chi connectivity index (χ4n) is 3.00. The van der Waals surface area contributed by atoms with Crippen molar-refractivity contribution in [1.82, 2.24) is 0 Å². The number of halogens is 3. The number of alkyl halides is 3. The van der Waals surface area contributed by atoms with Gasteiger partial charge in [0.05, 0.1) is 12.0 Å². The van der Waals surface area contributed by atoms with Crippen LogP contribution < -0.4 is 0 Å². The molecule has 2 fully saturated rings. The van der Waals surface area contributed by atoms with Crippen LogP contribution in [0, 0.1) is 17.8 Å². The highest BCUT2D eigenvalue weighted by atomic mass is 19.4. The molecule has 94 valence electrons. The molecule has 0 saturated heterocycles. The van der Waals surface area contributed by atoms with Crippen LogP contribution in [-0.2, 0) is 0 Å². The first-order valence-electron chi connectivity index (χ1n) is 6.23. The molecule has 4 heteroatoms. The molecule has 2 rings (SSSR count). The average molecular weight is 236 g/mol. The summed E-state index contributed by atoms with van der Waals surface area (Å²) < 4.78 is 37.8. The van der Waals surface area contributed by atoms with Crippen LogP contribution in [-0.4, -0.2) is 17.4 Å². The maximum Gasteiger partial charge on any atom is 0.391 e. The lowest BCUT2D eigenvalue weighted by molar-refractivity contribution is -0.190. The fraction of sp³-hybridized carbons (Fsp3) is 1.00. The minimum absolute atomic E-state index is 0.120. The van der Waals surface area contributed by atoms with E-state index >= 15 is 0 Å². The van der Waals surface area contributed by atoms with Crippen molar-refractivity contribution >= 4 is 0 Å². The number of hydrogen-bond acceptors (Lipinski definition) is 1. The zero-order valence-electron chi connectivity index (χ0n) is 9.34. The molecule has 0 radical (unpaired) electrons. The monoisotopic (exact) mass is 236 g/mol. The number of aliphatic hydroxyl groups is 1. The molecule has 1 N–H and O–H groups in total. The van der Waals surface area contributed by atoms with Crippen LogP contribution in [0.25, 0.3) is 0 Å².